The van der Waals surface area contributed by atoms with Crippen molar-refractivity contribution in [3.8, 4) is 0 Å². The van der Waals surface area contributed by atoms with E-state index in [2.05, 4.69) is 25.2 Å². The Bertz CT molecular complexity index is 1330. The molecule has 0 aliphatic carbocycles. The highest BCUT2D eigenvalue weighted by molar-refractivity contribution is 5.92. The highest BCUT2D eigenvalue weighted by Gasteiger charge is 2.36. The highest BCUT2D eigenvalue weighted by Crippen LogP contribution is 2.32. The first-order valence-corrected chi connectivity index (χ1v) is 10.9. The second-order valence-electron chi connectivity index (χ2n) is 8.23. The van der Waals surface area contributed by atoms with Crippen molar-refractivity contribution in [2.24, 2.45) is 0 Å². The van der Waals surface area contributed by atoms with Crippen molar-refractivity contribution < 1.29 is 18.0 Å². The van der Waals surface area contributed by atoms with E-state index in [1.54, 1.807) is 12.3 Å². The summed E-state index contributed by atoms with van der Waals surface area (Å²) in [5.41, 5.74) is 2.26. The number of likely N-dealkylation sites (tertiary alicyclic amines) is 1. The van der Waals surface area contributed by atoms with Crippen LogP contribution in [0.4, 0.5) is 13.2 Å². The summed E-state index contributed by atoms with van der Waals surface area (Å²) in [5, 5.41) is 2.29. The van der Waals surface area contributed by atoms with Crippen molar-refractivity contribution in [2.75, 3.05) is 20.1 Å². The van der Waals surface area contributed by atoms with Crippen LogP contribution in [-0.2, 0) is 19.1 Å². The van der Waals surface area contributed by atoms with E-state index < -0.39 is 17.8 Å². The maximum atomic E-state index is 13.6. The van der Waals surface area contributed by atoms with Crippen LogP contribution in [0.3, 0.4) is 0 Å². The van der Waals surface area contributed by atoms with Crippen molar-refractivity contribution in [3.05, 3.63) is 74.5 Å². The minimum absolute atomic E-state index is 0.0614. The molecule has 178 valence electrons. The summed E-state index contributed by atoms with van der Waals surface area (Å²) in [5.74, 6) is -0.673. The van der Waals surface area contributed by atoms with Crippen LogP contribution in [0.2, 0.25) is 0 Å². The third-order valence-corrected chi connectivity index (χ3v) is 5.80. The number of amides is 1. The summed E-state index contributed by atoms with van der Waals surface area (Å²) in [4.78, 5) is 36.8. The average molecular weight is 471 g/mol. The van der Waals surface area contributed by atoms with Gasteiger partial charge in [0.15, 0.2) is 5.69 Å². The van der Waals surface area contributed by atoms with E-state index in [0.717, 1.165) is 16.7 Å². The van der Waals surface area contributed by atoms with Crippen LogP contribution in [0.15, 0.2) is 40.8 Å². The molecule has 0 radical (unpaired) electrons. The molecule has 34 heavy (non-hydrogen) atoms. The first-order chi connectivity index (χ1) is 16.2. The first kappa shape index (κ1) is 23.6. The van der Waals surface area contributed by atoms with Gasteiger partial charge in [0.25, 0.3) is 11.5 Å². The topological polar surface area (TPSA) is 91.0 Å². The first-order valence-electron chi connectivity index (χ1n) is 10.9. The molecule has 1 amide bonds. The summed E-state index contributed by atoms with van der Waals surface area (Å²) in [6.07, 6.45) is -0.180. The Morgan fingerprint density at radius 3 is 2.79 bits per heavy atom. The van der Waals surface area contributed by atoms with Gasteiger partial charge in [-0.3, -0.25) is 19.5 Å². The standard InChI is InChI=1S/C24H24F3N5O2/c1-3-16-10-19-20(31-22(16)33)9-15(11-29-19)13-32-7-6-14(12-32)8-17-4-5-18(23(34)28-2)30-21(17)24(25,26)27/h4-5,8-11H,3,6-7,12-13H2,1-2H3,(H,28,34)(H,31,33)/b14-8+. The van der Waals surface area contributed by atoms with Crippen molar-refractivity contribution in [1.29, 1.82) is 0 Å². The number of pyridine rings is 3. The van der Waals surface area contributed by atoms with Gasteiger partial charge in [0.1, 0.15) is 5.69 Å². The number of carbonyl (C=O) groups is 1. The molecule has 0 unspecified atom stereocenters. The highest BCUT2D eigenvalue weighted by atomic mass is 19.4. The van der Waals surface area contributed by atoms with Gasteiger partial charge in [-0.05, 0) is 36.6 Å². The van der Waals surface area contributed by atoms with Gasteiger partial charge in [-0.15, -0.1) is 0 Å². The summed E-state index contributed by atoms with van der Waals surface area (Å²) >= 11 is 0. The smallest absolute Gasteiger partial charge is 0.354 e. The summed E-state index contributed by atoms with van der Waals surface area (Å²) in [6.45, 7) is 3.64. The lowest BCUT2D eigenvalue weighted by molar-refractivity contribution is -0.141. The molecule has 0 spiro atoms. The fourth-order valence-electron chi connectivity index (χ4n) is 4.06. The van der Waals surface area contributed by atoms with Crippen LogP contribution in [0.1, 0.15) is 46.2 Å². The van der Waals surface area contributed by atoms with Gasteiger partial charge in [-0.2, -0.15) is 13.2 Å². The van der Waals surface area contributed by atoms with E-state index in [9.17, 15) is 22.8 Å². The fraction of sp³-hybridized carbons (Fsp3) is 0.333. The number of aromatic nitrogens is 3. The Kier molecular flexibility index (Phi) is 6.52. The number of alkyl halides is 3. The van der Waals surface area contributed by atoms with Gasteiger partial charge < -0.3 is 10.3 Å². The van der Waals surface area contributed by atoms with Gasteiger partial charge in [-0.25, -0.2) is 4.98 Å². The number of rotatable bonds is 5. The van der Waals surface area contributed by atoms with Gasteiger partial charge in [0, 0.05) is 44.0 Å². The molecule has 1 aliphatic rings. The molecule has 0 saturated carbocycles. The van der Waals surface area contributed by atoms with Gasteiger partial charge in [0.2, 0.25) is 0 Å². The Hall–Kier alpha value is -3.53. The summed E-state index contributed by atoms with van der Waals surface area (Å²) in [7, 11) is 1.34. The number of nitrogens with zero attached hydrogens (tertiary/aromatic N) is 3. The van der Waals surface area contributed by atoms with Crippen LogP contribution in [-0.4, -0.2) is 45.9 Å². The molecular formula is C24H24F3N5O2. The Morgan fingerprint density at radius 2 is 2.09 bits per heavy atom. The third kappa shape index (κ3) is 5.01. The second kappa shape index (κ2) is 9.38. The second-order valence-corrected chi connectivity index (χ2v) is 8.23. The Labute approximate surface area is 193 Å². The number of aromatic amines is 1. The third-order valence-electron chi connectivity index (χ3n) is 5.80. The van der Waals surface area contributed by atoms with Crippen LogP contribution >= 0.6 is 0 Å². The predicted octanol–water partition coefficient (Wildman–Crippen LogP) is 3.55. The lowest BCUT2D eigenvalue weighted by Crippen LogP contribution is -2.22. The number of aryl methyl sites for hydroxylation is 1. The zero-order valence-corrected chi connectivity index (χ0v) is 18.8. The minimum atomic E-state index is -4.68. The zero-order chi connectivity index (χ0) is 24.5. The van der Waals surface area contributed by atoms with E-state index in [4.69, 9.17) is 0 Å². The summed E-state index contributed by atoms with van der Waals surface area (Å²) in [6, 6.07) is 6.24. The molecule has 10 heteroatoms. The van der Waals surface area contributed by atoms with Crippen LogP contribution in [0.5, 0.6) is 0 Å². The number of H-pyrrole nitrogens is 1. The van der Waals surface area contributed by atoms with Crippen LogP contribution in [0.25, 0.3) is 17.1 Å². The normalized spacial score (nSPS) is 15.9. The lowest BCUT2D eigenvalue weighted by Gasteiger charge is -2.15. The molecule has 4 heterocycles. The average Bonchev–Trinajstić information content (AvgIpc) is 3.24. The maximum Gasteiger partial charge on any atom is 0.433 e. The quantitative estimate of drug-likeness (QED) is 0.594. The van der Waals surface area contributed by atoms with Crippen molar-refractivity contribution in [1.82, 2.24) is 25.2 Å². The number of hydrogen-bond acceptors (Lipinski definition) is 5. The lowest BCUT2D eigenvalue weighted by atomic mass is 10.1. The molecule has 3 aromatic rings. The molecule has 2 N–H and O–H groups in total. The molecule has 0 bridgehead atoms. The zero-order valence-electron chi connectivity index (χ0n) is 18.8. The molecule has 1 aliphatic heterocycles. The largest absolute Gasteiger partial charge is 0.433 e. The number of halogens is 3. The molecule has 4 rings (SSSR count). The molecule has 1 fully saturated rings. The molecule has 3 aromatic heterocycles. The minimum Gasteiger partial charge on any atom is -0.354 e. The number of nitrogens with one attached hydrogen (secondary N) is 2. The Morgan fingerprint density at radius 1 is 1.29 bits per heavy atom. The monoisotopic (exact) mass is 471 g/mol. The number of hydrogen-bond donors (Lipinski definition) is 2. The van der Waals surface area contributed by atoms with E-state index in [1.165, 1.54) is 25.3 Å². The van der Waals surface area contributed by atoms with Gasteiger partial charge in [-0.1, -0.05) is 24.6 Å². The molecular weight excluding hydrogens is 447 g/mol. The number of fused-ring (bicyclic) bond motifs is 1. The van der Waals surface area contributed by atoms with Gasteiger partial charge in [0.05, 0.1) is 11.0 Å². The maximum absolute atomic E-state index is 13.6. The predicted molar refractivity (Wildman–Crippen MR) is 122 cm³/mol. The van der Waals surface area contributed by atoms with Crippen LogP contribution in [0, 0.1) is 0 Å². The Balaban J connectivity index is 1.53. The molecule has 1 saturated heterocycles. The van der Waals surface area contributed by atoms with E-state index >= 15 is 0 Å². The molecule has 0 atom stereocenters. The van der Waals surface area contributed by atoms with Crippen LogP contribution < -0.4 is 10.9 Å². The van der Waals surface area contributed by atoms with Crippen molar-refractivity contribution in [2.45, 2.75) is 32.5 Å². The van der Waals surface area contributed by atoms with E-state index in [-0.39, 0.29) is 16.8 Å². The summed E-state index contributed by atoms with van der Waals surface area (Å²) < 4.78 is 40.7. The van der Waals surface area contributed by atoms with Crippen molar-refractivity contribution >= 4 is 23.0 Å². The molecule has 0 aromatic carbocycles. The van der Waals surface area contributed by atoms with Gasteiger partial charge >= 0.3 is 6.18 Å². The van der Waals surface area contributed by atoms with E-state index in [1.807, 2.05) is 13.0 Å². The SMILES string of the molecule is CCc1cc2ncc(CN3CC/C(=C\c4ccc(C(=O)NC)nc4C(F)(F)F)C3)cc2[nH]c1=O. The number of carbonyl (C=O) groups excluding carboxylic acids is 1. The van der Waals surface area contributed by atoms with E-state index in [0.29, 0.717) is 43.6 Å². The fourth-order valence-corrected chi connectivity index (χ4v) is 4.06. The molecule has 7 nitrogen and oxygen atoms in total. The van der Waals surface area contributed by atoms with Crippen molar-refractivity contribution in [3.63, 3.8) is 0 Å².